The second-order valence-corrected chi connectivity index (χ2v) is 6.39. The van der Waals surface area contributed by atoms with Gasteiger partial charge in [-0.2, -0.15) is 5.10 Å². The van der Waals surface area contributed by atoms with Crippen molar-refractivity contribution in [2.75, 3.05) is 0 Å². The Labute approximate surface area is 123 Å². The molecule has 0 spiro atoms. The molecular formula is C16H30N4. The van der Waals surface area contributed by atoms with Crippen molar-refractivity contribution in [3.8, 4) is 0 Å². The van der Waals surface area contributed by atoms with Gasteiger partial charge in [0.15, 0.2) is 0 Å². The van der Waals surface area contributed by atoms with E-state index in [0.717, 1.165) is 18.5 Å². The minimum Gasteiger partial charge on any atom is -0.271 e. The van der Waals surface area contributed by atoms with Crippen LogP contribution in [-0.2, 0) is 6.42 Å². The summed E-state index contributed by atoms with van der Waals surface area (Å²) in [6, 6.07) is 2.96. The number of nitrogens with one attached hydrogen (secondary N) is 1. The van der Waals surface area contributed by atoms with Gasteiger partial charge in [-0.15, -0.1) is 0 Å². The fourth-order valence-electron chi connectivity index (χ4n) is 3.61. The number of aromatic nitrogens is 2. The highest BCUT2D eigenvalue weighted by Crippen LogP contribution is 2.44. The molecule has 1 aliphatic rings. The van der Waals surface area contributed by atoms with Gasteiger partial charge in [0.05, 0.1) is 5.69 Å². The van der Waals surface area contributed by atoms with Gasteiger partial charge in [-0.1, -0.05) is 26.7 Å². The van der Waals surface area contributed by atoms with Gasteiger partial charge in [0, 0.05) is 24.7 Å². The van der Waals surface area contributed by atoms with Gasteiger partial charge in [0.1, 0.15) is 0 Å². The molecule has 0 aliphatic heterocycles. The van der Waals surface area contributed by atoms with E-state index in [-0.39, 0.29) is 0 Å². The number of nitrogens with zero attached hydrogens (tertiary/aromatic N) is 2. The smallest absolute Gasteiger partial charge is 0.0640 e. The Balaban J connectivity index is 2.08. The molecule has 4 nitrogen and oxygen atoms in total. The first kappa shape index (κ1) is 15.5. The molecule has 1 aliphatic carbocycles. The lowest BCUT2D eigenvalue weighted by molar-refractivity contribution is 0.184. The van der Waals surface area contributed by atoms with Crippen LogP contribution in [-0.4, -0.2) is 15.8 Å². The van der Waals surface area contributed by atoms with Gasteiger partial charge in [-0.05, 0) is 44.1 Å². The first-order chi connectivity index (χ1) is 9.65. The van der Waals surface area contributed by atoms with Crippen molar-refractivity contribution in [1.82, 2.24) is 15.2 Å². The molecule has 2 atom stereocenters. The summed E-state index contributed by atoms with van der Waals surface area (Å²) in [7, 11) is 0. The van der Waals surface area contributed by atoms with E-state index < -0.39 is 0 Å². The van der Waals surface area contributed by atoms with Gasteiger partial charge in [0.2, 0.25) is 0 Å². The summed E-state index contributed by atoms with van der Waals surface area (Å²) in [5.41, 5.74) is 4.62. The van der Waals surface area contributed by atoms with Crippen molar-refractivity contribution in [3.63, 3.8) is 0 Å². The van der Waals surface area contributed by atoms with Gasteiger partial charge in [0.25, 0.3) is 0 Å². The van der Waals surface area contributed by atoms with Crippen molar-refractivity contribution >= 4 is 0 Å². The quantitative estimate of drug-likeness (QED) is 0.595. The maximum atomic E-state index is 5.87. The lowest BCUT2D eigenvalue weighted by Gasteiger charge is -2.36. The number of hydrogen-bond acceptors (Lipinski definition) is 3. The van der Waals surface area contributed by atoms with E-state index in [1.54, 1.807) is 0 Å². The molecule has 0 bridgehead atoms. The minimum absolute atomic E-state index is 0.343. The second kappa shape index (κ2) is 6.72. The molecule has 114 valence electrons. The highest BCUT2D eigenvalue weighted by Gasteiger charge is 2.39. The van der Waals surface area contributed by atoms with Crippen molar-refractivity contribution in [2.45, 2.75) is 77.8 Å². The molecule has 0 aromatic carbocycles. The van der Waals surface area contributed by atoms with Crippen LogP contribution in [0.15, 0.2) is 12.3 Å². The Bertz CT molecular complexity index is 406. The van der Waals surface area contributed by atoms with E-state index in [2.05, 4.69) is 43.1 Å². The Morgan fingerprint density at radius 2 is 2.10 bits per heavy atom. The Morgan fingerprint density at radius 3 is 2.65 bits per heavy atom. The van der Waals surface area contributed by atoms with Crippen molar-refractivity contribution in [3.05, 3.63) is 18.0 Å². The van der Waals surface area contributed by atoms with Crippen molar-refractivity contribution in [1.29, 1.82) is 0 Å². The Hall–Kier alpha value is -0.870. The molecule has 2 unspecified atom stereocenters. The van der Waals surface area contributed by atoms with Gasteiger partial charge in [-0.25, -0.2) is 0 Å². The standard InChI is InChI=1S/C16H30N4/c1-4-13(3)20-11-8-14(19-20)12-15(18-17)16(5-2)9-6-7-10-16/h8,11,13,15,18H,4-7,9-10,12,17H2,1-3H3. The first-order valence-corrected chi connectivity index (χ1v) is 8.15. The highest BCUT2D eigenvalue weighted by molar-refractivity contribution is 5.06. The topological polar surface area (TPSA) is 55.9 Å². The molecule has 1 saturated carbocycles. The van der Waals surface area contributed by atoms with Crippen LogP contribution >= 0.6 is 0 Å². The predicted molar refractivity (Wildman–Crippen MR) is 83.2 cm³/mol. The molecule has 4 heteroatoms. The molecule has 20 heavy (non-hydrogen) atoms. The summed E-state index contributed by atoms with van der Waals surface area (Å²) in [4.78, 5) is 0. The maximum absolute atomic E-state index is 5.87. The Kier molecular flexibility index (Phi) is 5.22. The molecule has 1 heterocycles. The second-order valence-electron chi connectivity index (χ2n) is 6.39. The fraction of sp³-hybridized carbons (Fsp3) is 0.812. The summed E-state index contributed by atoms with van der Waals surface area (Å²) in [5, 5.41) is 4.73. The van der Waals surface area contributed by atoms with E-state index in [1.165, 1.54) is 32.1 Å². The van der Waals surface area contributed by atoms with Gasteiger partial charge < -0.3 is 0 Å². The fourth-order valence-corrected chi connectivity index (χ4v) is 3.61. The zero-order chi connectivity index (χ0) is 14.6. The first-order valence-electron chi connectivity index (χ1n) is 8.15. The SMILES string of the molecule is CCC(C)n1ccc(CC(NN)C2(CC)CCCC2)n1. The average Bonchev–Trinajstić information content (AvgIpc) is 3.13. The maximum Gasteiger partial charge on any atom is 0.0640 e. The zero-order valence-electron chi connectivity index (χ0n) is 13.2. The monoisotopic (exact) mass is 278 g/mol. The molecular weight excluding hydrogens is 248 g/mol. The summed E-state index contributed by atoms with van der Waals surface area (Å²) in [6.45, 7) is 6.70. The summed E-state index contributed by atoms with van der Waals surface area (Å²) in [6.07, 6.45) is 10.6. The van der Waals surface area contributed by atoms with E-state index >= 15 is 0 Å². The van der Waals surface area contributed by atoms with Crippen LogP contribution in [0.1, 0.15) is 71.0 Å². The number of nitrogens with two attached hydrogens (primary N) is 1. The van der Waals surface area contributed by atoms with Crippen LogP contribution in [0.3, 0.4) is 0 Å². The molecule has 1 aromatic heterocycles. The zero-order valence-corrected chi connectivity index (χ0v) is 13.2. The summed E-state index contributed by atoms with van der Waals surface area (Å²) < 4.78 is 2.08. The third kappa shape index (κ3) is 3.07. The molecule has 0 saturated heterocycles. The average molecular weight is 278 g/mol. The summed E-state index contributed by atoms with van der Waals surface area (Å²) >= 11 is 0. The van der Waals surface area contributed by atoms with Crippen molar-refractivity contribution in [2.24, 2.45) is 11.3 Å². The third-order valence-corrected chi connectivity index (χ3v) is 5.36. The van der Waals surface area contributed by atoms with E-state index in [0.29, 0.717) is 17.5 Å². The lowest BCUT2D eigenvalue weighted by atomic mass is 9.75. The molecule has 0 radical (unpaired) electrons. The van der Waals surface area contributed by atoms with E-state index in [9.17, 15) is 0 Å². The summed E-state index contributed by atoms with van der Waals surface area (Å²) in [5.74, 6) is 5.87. The molecule has 2 rings (SSSR count). The minimum atomic E-state index is 0.343. The number of hydrazine groups is 1. The molecule has 3 N–H and O–H groups in total. The van der Waals surface area contributed by atoms with Crippen LogP contribution in [0, 0.1) is 5.41 Å². The normalized spacial score (nSPS) is 21.0. The number of hydrogen-bond donors (Lipinski definition) is 2. The lowest BCUT2D eigenvalue weighted by Crippen LogP contribution is -2.48. The van der Waals surface area contributed by atoms with Crippen LogP contribution < -0.4 is 11.3 Å². The third-order valence-electron chi connectivity index (χ3n) is 5.36. The van der Waals surface area contributed by atoms with E-state index in [4.69, 9.17) is 10.9 Å². The van der Waals surface area contributed by atoms with Crippen LogP contribution in [0.5, 0.6) is 0 Å². The van der Waals surface area contributed by atoms with Crippen LogP contribution in [0.2, 0.25) is 0 Å². The molecule has 1 aromatic rings. The predicted octanol–water partition coefficient (Wildman–Crippen LogP) is 3.20. The van der Waals surface area contributed by atoms with Crippen molar-refractivity contribution < 1.29 is 0 Å². The molecule has 0 amide bonds. The Morgan fingerprint density at radius 1 is 1.40 bits per heavy atom. The molecule has 1 fully saturated rings. The van der Waals surface area contributed by atoms with E-state index in [1.807, 2.05) is 0 Å². The number of rotatable bonds is 7. The van der Waals surface area contributed by atoms with Gasteiger partial charge in [-0.3, -0.25) is 16.0 Å². The van der Waals surface area contributed by atoms with Crippen LogP contribution in [0.4, 0.5) is 0 Å². The van der Waals surface area contributed by atoms with Gasteiger partial charge >= 0.3 is 0 Å². The van der Waals surface area contributed by atoms with Crippen LogP contribution in [0.25, 0.3) is 0 Å². The largest absolute Gasteiger partial charge is 0.271 e. The highest BCUT2D eigenvalue weighted by atomic mass is 15.3.